The Kier molecular flexibility index (Phi) is 12.5. The van der Waals surface area contributed by atoms with E-state index in [0.717, 1.165) is 18.4 Å². The second kappa shape index (κ2) is 15.3. The Hall–Kier alpha value is -2.69. The van der Waals surface area contributed by atoms with Crippen LogP contribution in [0.4, 0.5) is 4.79 Å². The van der Waals surface area contributed by atoms with Gasteiger partial charge in [-0.15, -0.1) is 0 Å². The molecule has 0 radical (unpaired) electrons. The number of hydrogen-bond donors (Lipinski definition) is 4. The van der Waals surface area contributed by atoms with E-state index in [-0.39, 0.29) is 31.6 Å². The van der Waals surface area contributed by atoms with Crippen molar-refractivity contribution < 1.29 is 33.7 Å². The first-order valence-electron chi connectivity index (χ1n) is 12.1. The topological polar surface area (TPSA) is 135 Å². The van der Waals surface area contributed by atoms with Crippen molar-refractivity contribution in [1.29, 1.82) is 0 Å². The monoisotopic (exact) mass is 493 g/mol. The van der Waals surface area contributed by atoms with Gasteiger partial charge in [0, 0.05) is 13.2 Å². The van der Waals surface area contributed by atoms with Gasteiger partial charge in [-0.2, -0.15) is 0 Å². The maximum absolute atomic E-state index is 13.2. The zero-order valence-corrected chi connectivity index (χ0v) is 20.8. The van der Waals surface area contributed by atoms with Crippen molar-refractivity contribution in [3.8, 4) is 0 Å². The number of rotatable bonds is 16. The molecule has 1 aromatic rings. The van der Waals surface area contributed by atoms with E-state index in [1.165, 1.54) is 0 Å². The van der Waals surface area contributed by atoms with Gasteiger partial charge in [0.1, 0.15) is 12.6 Å². The number of hydrogen-bond acceptors (Lipinski definition) is 7. The van der Waals surface area contributed by atoms with E-state index in [1.807, 2.05) is 44.2 Å². The van der Waals surface area contributed by atoms with Crippen LogP contribution in [-0.2, 0) is 30.2 Å². The number of benzene rings is 1. The first kappa shape index (κ1) is 28.5. The number of nitrogens with one attached hydrogen (secondary N) is 3. The summed E-state index contributed by atoms with van der Waals surface area (Å²) in [6.07, 6.45) is 0.197. The van der Waals surface area contributed by atoms with Crippen molar-refractivity contribution in [2.45, 2.75) is 63.8 Å². The molecule has 196 valence electrons. The highest BCUT2D eigenvalue weighted by Gasteiger charge is 2.34. The Morgan fingerprint density at radius 1 is 1.00 bits per heavy atom. The summed E-state index contributed by atoms with van der Waals surface area (Å²) in [6, 6.07) is 7.60. The largest absolute Gasteiger partial charge is 0.447 e. The molecule has 1 aliphatic carbocycles. The van der Waals surface area contributed by atoms with Crippen molar-refractivity contribution >= 4 is 17.9 Å². The number of methoxy groups -OCH3 is 1. The van der Waals surface area contributed by atoms with Crippen LogP contribution in [-0.4, -0.2) is 80.8 Å². The highest BCUT2D eigenvalue weighted by molar-refractivity contribution is 5.87. The normalized spacial score (nSPS) is 15.7. The lowest BCUT2D eigenvalue weighted by molar-refractivity contribution is -0.132. The lowest BCUT2D eigenvalue weighted by Gasteiger charge is -2.27. The summed E-state index contributed by atoms with van der Waals surface area (Å²) >= 11 is 0. The molecule has 10 nitrogen and oxygen atoms in total. The van der Waals surface area contributed by atoms with E-state index in [0.29, 0.717) is 19.6 Å². The third kappa shape index (κ3) is 11.5. The molecule has 0 heterocycles. The SMILES string of the molecule is COCCOCCOC(=O)N[C@@H](CC(C)C)C(=O)N[C@@H](Cc1ccccc1)C(O)C(=O)NC1CC1. The number of ether oxygens (including phenoxy) is 3. The summed E-state index contributed by atoms with van der Waals surface area (Å²) in [5.41, 5.74) is 0.859. The zero-order valence-electron chi connectivity index (χ0n) is 20.8. The first-order chi connectivity index (χ1) is 16.8. The third-order valence-corrected chi connectivity index (χ3v) is 5.41. The van der Waals surface area contributed by atoms with Gasteiger partial charge >= 0.3 is 6.09 Å². The molecule has 2 rings (SSSR count). The Balaban J connectivity index is 1.99. The minimum Gasteiger partial charge on any atom is -0.447 e. The number of aliphatic hydroxyl groups is 1. The van der Waals surface area contributed by atoms with Crippen molar-refractivity contribution in [3.05, 3.63) is 35.9 Å². The summed E-state index contributed by atoms with van der Waals surface area (Å²) in [5, 5.41) is 18.9. The van der Waals surface area contributed by atoms with Gasteiger partial charge in [-0.1, -0.05) is 44.2 Å². The van der Waals surface area contributed by atoms with E-state index in [1.54, 1.807) is 7.11 Å². The summed E-state index contributed by atoms with van der Waals surface area (Å²) in [5.74, 6) is -0.916. The van der Waals surface area contributed by atoms with Crippen LogP contribution in [0.25, 0.3) is 0 Å². The Morgan fingerprint density at radius 3 is 2.31 bits per heavy atom. The first-order valence-corrected chi connectivity index (χ1v) is 12.1. The molecule has 4 N–H and O–H groups in total. The van der Waals surface area contributed by atoms with Crippen LogP contribution in [0.15, 0.2) is 30.3 Å². The molecule has 1 aliphatic rings. The molecule has 1 aromatic carbocycles. The van der Waals surface area contributed by atoms with Crippen LogP contribution < -0.4 is 16.0 Å². The van der Waals surface area contributed by atoms with Gasteiger partial charge in [-0.25, -0.2) is 4.79 Å². The van der Waals surface area contributed by atoms with Crippen molar-refractivity contribution in [2.75, 3.05) is 33.5 Å². The third-order valence-electron chi connectivity index (χ3n) is 5.41. The number of amides is 3. The zero-order chi connectivity index (χ0) is 25.6. The second-order valence-electron chi connectivity index (χ2n) is 9.10. The molecule has 10 heteroatoms. The van der Waals surface area contributed by atoms with E-state index in [9.17, 15) is 19.5 Å². The maximum Gasteiger partial charge on any atom is 0.407 e. The molecule has 1 unspecified atom stereocenters. The molecule has 0 aliphatic heterocycles. The summed E-state index contributed by atoms with van der Waals surface area (Å²) in [7, 11) is 1.57. The Bertz CT molecular complexity index is 787. The molecule has 3 atom stereocenters. The molecule has 0 bridgehead atoms. The van der Waals surface area contributed by atoms with E-state index < -0.39 is 36.1 Å². The summed E-state index contributed by atoms with van der Waals surface area (Å²) < 4.78 is 15.2. The van der Waals surface area contributed by atoms with Gasteiger partial charge in [0.15, 0.2) is 6.10 Å². The van der Waals surface area contributed by atoms with E-state index >= 15 is 0 Å². The average Bonchev–Trinajstić information content (AvgIpc) is 3.64. The fraction of sp³-hybridized carbons (Fsp3) is 0.640. The number of carbonyl (C=O) groups is 3. The van der Waals surface area contributed by atoms with E-state index in [2.05, 4.69) is 16.0 Å². The number of alkyl carbamates (subject to hydrolysis) is 1. The smallest absolute Gasteiger partial charge is 0.407 e. The molecule has 0 spiro atoms. The van der Waals surface area contributed by atoms with Gasteiger partial charge in [0.05, 0.1) is 25.9 Å². The summed E-state index contributed by atoms with van der Waals surface area (Å²) in [4.78, 5) is 38.0. The molecule has 3 amide bonds. The van der Waals surface area contributed by atoms with Crippen LogP contribution in [0.2, 0.25) is 0 Å². The Morgan fingerprint density at radius 2 is 1.69 bits per heavy atom. The molecule has 1 saturated carbocycles. The highest BCUT2D eigenvalue weighted by atomic mass is 16.6. The molecule has 1 fully saturated rings. The molecule has 0 aromatic heterocycles. The fourth-order valence-corrected chi connectivity index (χ4v) is 3.41. The minimum absolute atomic E-state index is 0.0300. The minimum atomic E-state index is -1.43. The van der Waals surface area contributed by atoms with Crippen LogP contribution in [0.3, 0.4) is 0 Å². The highest BCUT2D eigenvalue weighted by Crippen LogP contribution is 2.19. The predicted molar refractivity (Wildman–Crippen MR) is 130 cm³/mol. The lowest BCUT2D eigenvalue weighted by atomic mass is 9.98. The van der Waals surface area contributed by atoms with Crippen LogP contribution in [0.5, 0.6) is 0 Å². The van der Waals surface area contributed by atoms with E-state index in [4.69, 9.17) is 14.2 Å². The van der Waals surface area contributed by atoms with Gasteiger partial charge in [-0.3, -0.25) is 9.59 Å². The standard InChI is InChI=1S/C25H39N3O7/c1-17(2)15-21(28-25(32)35-14-13-34-12-11-33-3)23(30)27-20(16-18-7-5-4-6-8-18)22(29)24(31)26-19-9-10-19/h4-8,17,19-22,29H,9-16H2,1-3H3,(H,26,31)(H,27,30)(H,28,32)/t20-,21-,22?/m0/s1. The van der Waals surface area contributed by atoms with Crippen molar-refractivity contribution in [1.82, 2.24) is 16.0 Å². The number of aliphatic hydroxyl groups excluding tert-OH is 1. The van der Waals surface area contributed by atoms with Gasteiger partial charge in [0.2, 0.25) is 5.91 Å². The fourth-order valence-electron chi connectivity index (χ4n) is 3.41. The molecule has 35 heavy (non-hydrogen) atoms. The molecular formula is C25H39N3O7. The lowest BCUT2D eigenvalue weighted by Crippen LogP contribution is -2.56. The van der Waals surface area contributed by atoms with Crippen LogP contribution >= 0.6 is 0 Å². The van der Waals surface area contributed by atoms with Crippen LogP contribution in [0, 0.1) is 5.92 Å². The second-order valence-corrected chi connectivity index (χ2v) is 9.10. The molecule has 0 saturated heterocycles. The summed E-state index contributed by atoms with van der Waals surface area (Å²) in [6.45, 7) is 4.92. The van der Waals surface area contributed by atoms with Gasteiger partial charge < -0.3 is 35.3 Å². The van der Waals surface area contributed by atoms with Gasteiger partial charge in [0.25, 0.3) is 5.91 Å². The van der Waals surface area contributed by atoms with Crippen molar-refractivity contribution in [3.63, 3.8) is 0 Å². The maximum atomic E-state index is 13.2. The average molecular weight is 494 g/mol. The Labute approximate surface area is 207 Å². The predicted octanol–water partition coefficient (Wildman–Crippen LogP) is 1.16. The van der Waals surface area contributed by atoms with Crippen LogP contribution in [0.1, 0.15) is 38.7 Å². The molecular weight excluding hydrogens is 454 g/mol. The van der Waals surface area contributed by atoms with Gasteiger partial charge in [-0.05, 0) is 37.2 Å². The quantitative estimate of drug-likeness (QED) is 0.254. The van der Waals surface area contributed by atoms with Crippen molar-refractivity contribution in [2.24, 2.45) is 5.92 Å². The number of carbonyl (C=O) groups excluding carboxylic acids is 3.